The molecule has 1 aliphatic rings. The van der Waals surface area contributed by atoms with Gasteiger partial charge in [0.25, 0.3) is 5.91 Å². The zero-order valence-electron chi connectivity index (χ0n) is 8.19. The number of halogens is 1. The lowest BCUT2D eigenvalue weighted by Gasteiger charge is -2.06. The van der Waals surface area contributed by atoms with Crippen molar-refractivity contribution in [2.75, 3.05) is 6.26 Å². The molecule has 0 saturated heterocycles. The van der Waals surface area contributed by atoms with E-state index in [4.69, 9.17) is 0 Å². The number of alkyl halides is 1. The molecule has 0 N–H and O–H groups in total. The molecular weight excluding hydrogens is 278 g/mol. The Hall–Kier alpha value is -0.750. The molecule has 0 saturated carbocycles. The number of rotatable bonds is 1. The third-order valence-electron chi connectivity index (χ3n) is 2.04. The highest BCUT2D eigenvalue weighted by Crippen LogP contribution is 2.07. The molecule has 0 spiro atoms. The van der Waals surface area contributed by atoms with Crippen LogP contribution in [0.25, 0.3) is 6.08 Å². The summed E-state index contributed by atoms with van der Waals surface area (Å²) in [7, 11) is 0. The maximum Gasteiger partial charge on any atom is 0.265 e. The van der Waals surface area contributed by atoms with E-state index in [1.807, 2.05) is 13.2 Å². The Labute approximate surface area is 99.0 Å². The van der Waals surface area contributed by atoms with Crippen LogP contribution >= 0.6 is 27.7 Å². The van der Waals surface area contributed by atoms with Crippen LogP contribution in [0.4, 0.5) is 0 Å². The van der Waals surface area contributed by atoms with Gasteiger partial charge in [-0.15, -0.1) is 0 Å². The molecule has 0 aromatic carbocycles. The zero-order chi connectivity index (χ0) is 11.0. The summed E-state index contributed by atoms with van der Waals surface area (Å²) >= 11 is 4.67. The van der Waals surface area contributed by atoms with Crippen LogP contribution in [-0.4, -0.2) is 27.0 Å². The summed E-state index contributed by atoms with van der Waals surface area (Å²) in [5, 5.41) is 1.48. The molecule has 15 heavy (non-hydrogen) atoms. The monoisotopic (exact) mass is 285 g/mol. The van der Waals surface area contributed by atoms with Gasteiger partial charge in [0.2, 0.25) is 0 Å². The minimum Gasteiger partial charge on any atom is -0.271 e. The molecule has 78 valence electrons. The Morgan fingerprint density at radius 3 is 2.87 bits per heavy atom. The number of hydrogen-bond acceptors (Lipinski definition) is 4. The van der Waals surface area contributed by atoms with Crippen molar-refractivity contribution in [3.63, 3.8) is 0 Å². The summed E-state index contributed by atoms with van der Waals surface area (Å²) in [5.41, 5.74) is 1.33. The van der Waals surface area contributed by atoms with E-state index in [-0.39, 0.29) is 10.7 Å². The van der Waals surface area contributed by atoms with Crippen molar-refractivity contribution in [2.45, 2.75) is 16.9 Å². The predicted molar refractivity (Wildman–Crippen MR) is 61.5 cm³/mol. The van der Waals surface area contributed by atoms with Crippen molar-refractivity contribution in [1.82, 2.24) is 9.97 Å². The average molecular weight is 286 g/mol. The van der Waals surface area contributed by atoms with Crippen LogP contribution in [0.1, 0.15) is 5.69 Å². The number of amides is 1. The number of carbonyl (C=O) groups excluding carboxylic acids is 1. The molecule has 2 rings (SSSR count). The molecule has 0 bridgehead atoms. The number of fused-ring (bicyclic) bond motifs is 1. The van der Waals surface area contributed by atoms with Gasteiger partial charge in [0.15, 0.2) is 10.6 Å². The van der Waals surface area contributed by atoms with Gasteiger partial charge in [-0.1, -0.05) is 27.7 Å². The Bertz CT molecular complexity index is 543. The molecule has 0 radical (unpaired) electrons. The predicted octanol–water partition coefficient (Wildman–Crippen LogP) is 0.211. The van der Waals surface area contributed by atoms with Crippen LogP contribution < -0.4 is 10.7 Å². The third-order valence-corrected chi connectivity index (χ3v) is 3.25. The van der Waals surface area contributed by atoms with Gasteiger partial charge in [0, 0.05) is 5.22 Å². The molecule has 1 atom stereocenters. The molecular formula is C9H8BrN3OS. The van der Waals surface area contributed by atoms with Crippen molar-refractivity contribution in [2.24, 2.45) is 4.99 Å². The smallest absolute Gasteiger partial charge is 0.265 e. The molecule has 6 heteroatoms. The molecule has 1 aromatic rings. The summed E-state index contributed by atoms with van der Waals surface area (Å²) < 4.78 is 0. The second kappa shape index (κ2) is 4.02. The molecule has 1 aromatic heterocycles. The lowest BCUT2D eigenvalue weighted by Crippen LogP contribution is -2.39. The van der Waals surface area contributed by atoms with Crippen LogP contribution in [0, 0.1) is 6.92 Å². The van der Waals surface area contributed by atoms with E-state index < -0.39 is 0 Å². The lowest BCUT2D eigenvalue weighted by atomic mass is 10.2. The summed E-state index contributed by atoms with van der Waals surface area (Å²) in [6.45, 7) is 1.89. The standard InChI is InChI=1S/C9H8BrN3OS/c1-4-5-3-6(10)8(14)12-7(5)13-9(11-4)15-2/h3,6H,1-2H3. The van der Waals surface area contributed by atoms with E-state index in [9.17, 15) is 4.79 Å². The summed E-state index contributed by atoms with van der Waals surface area (Å²) in [5.74, 6) is -0.215. The molecule has 4 nitrogen and oxygen atoms in total. The van der Waals surface area contributed by atoms with Crippen LogP contribution in [0.2, 0.25) is 0 Å². The normalized spacial score (nSPS) is 19.1. The van der Waals surface area contributed by atoms with Crippen molar-refractivity contribution in [3.8, 4) is 0 Å². The molecule has 2 heterocycles. The fourth-order valence-electron chi connectivity index (χ4n) is 1.30. The lowest BCUT2D eigenvalue weighted by molar-refractivity contribution is -0.116. The Kier molecular flexibility index (Phi) is 2.88. The van der Waals surface area contributed by atoms with Crippen molar-refractivity contribution in [3.05, 3.63) is 16.4 Å². The summed E-state index contributed by atoms with van der Waals surface area (Å²) in [4.78, 5) is 23.4. The first-order chi connectivity index (χ1) is 7.11. The molecule has 0 fully saturated rings. The van der Waals surface area contributed by atoms with Gasteiger partial charge >= 0.3 is 0 Å². The molecule has 1 aliphatic heterocycles. The Morgan fingerprint density at radius 2 is 2.20 bits per heavy atom. The highest BCUT2D eigenvalue weighted by molar-refractivity contribution is 9.10. The highest BCUT2D eigenvalue weighted by atomic mass is 79.9. The quantitative estimate of drug-likeness (QED) is 0.421. The van der Waals surface area contributed by atoms with E-state index in [0.29, 0.717) is 10.6 Å². The minimum absolute atomic E-state index is 0.215. The number of nitrogens with zero attached hydrogens (tertiary/aromatic N) is 3. The van der Waals surface area contributed by atoms with Gasteiger partial charge in [-0.25, -0.2) is 9.97 Å². The first-order valence-electron chi connectivity index (χ1n) is 4.29. The third kappa shape index (κ3) is 1.96. The SMILES string of the molecule is CSc1nc(C)c2c(n1)=NC(=O)C(Br)C=2. The van der Waals surface area contributed by atoms with E-state index in [2.05, 4.69) is 30.9 Å². The van der Waals surface area contributed by atoms with Crippen molar-refractivity contribution < 1.29 is 4.79 Å². The van der Waals surface area contributed by atoms with E-state index in [0.717, 1.165) is 10.9 Å². The first-order valence-corrected chi connectivity index (χ1v) is 6.43. The fourth-order valence-corrected chi connectivity index (χ4v) is 2.07. The molecule has 0 aliphatic carbocycles. The van der Waals surface area contributed by atoms with Gasteiger partial charge < -0.3 is 0 Å². The largest absolute Gasteiger partial charge is 0.271 e. The van der Waals surface area contributed by atoms with Gasteiger partial charge in [-0.3, -0.25) is 4.79 Å². The fraction of sp³-hybridized carbons (Fsp3) is 0.333. The van der Waals surface area contributed by atoms with Gasteiger partial charge in [-0.05, 0) is 19.3 Å². The number of aryl methyl sites for hydroxylation is 1. The van der Waals surface area contributed by atoms with E-state index in [1.165, 1.54) is 11.8 Å². The van der Waals surface area contributed by atoms with Crippen LogP contribution in [0.3, 0.4) is 0 Å². The molecule has 1 amide bonds. The maximum atomic E-state index is 11.4. The Morgan fingerprint density at radius 1 is 1.47 bits per heavy atom. The van der Waals surface area contributed by atoms with Crippen LogP contribution in [-0.2, 0) is 4.79 Å². The van der Waals surface area contributed by atoms with Gasteiger partial charge in [0.1, 0.15) is 4.83 Å². The number of aromatic nitrogens is 2. The van der Waals surface area contributed by atoms with Crippen molar-refractivity contribution >= 4 is 39.7 Å². The summed E-state index contributed by atoms with van der Waals surface area (Å²) in [6.07, 6.45) is 3.69. The maximum absolute atomic E-state index is 11.4. The number of thioether (sulfide) groups is 1. The average Bonchev–Trinajstić information content (AvgIpc) is 2.21. The van der Waals surface area contributed by atoms with Crippen molar-refractivity contribution in [1.29, 1.82) is 0 Å². The number of hydrogen-bond donors (Lipinski definition) is 0. The van der Waals surface area contributed by atoms with Gasteiger partial charge in [0.05, 0.1) is 5.69 Å². The second-order valence-electron chi connectivity index (χ2n) is 3.05. The summed E-state index contributed by atoms with van der Waals surface area (Å²) in [6, 6.07) is 0. The molecule has 1 unspecified atom stereocenters. The van der Waals surface area contributed by atoms with Crippen LogP contribution in [0.5, 0.6) is 0 Å². The van der Waals surface area contributed by atoms with Gasteiger partial charge in [-0.2, -0.15) is 4.99 Å². The first kappa shape index (κ1) is 10.8. The zero-order valence-corrected chi connectivity index (χ0v) is 10.6. The van der Waals surface area contributed by atoms with E-state index >= 15 is 0 Å². The minimum atomic E-state index is -0.354. The topological polar surface area (TPSA) is 55.2 Å². The number of carbonyl (C=O) groups is 1. The van der Waals surface area contributed by atoms with Crippen LogP contribution in [0.15, 0.2) is 10.1 Å². The Balaban J connectivity index is 2.78. The second-order valence-corrected chi connectivity index (χ2v) is 4.81. The van der Waals surface area contributed by atoms with E-state index in [1.54, 1.807) is 6.08 Å². The highest BCUT2D eigenvalue weighted by Gasteiger charge is 2.16.